The summed E-state index contributed by atoms with van der Waals surface area (Å²) in [4.78, 5) is 29.7. The summed E-state index contributed by atoms with van der Waals surface area (Å²) in [6.45, 7) is 0. The number of hydrogen-bond donors (Lipinski definition) is 5. The molecule has 0 bridgehead atoms. The fourth-order valence-corrected chi connectivity index (χ4v) is 3.44. The number of carbonyl (C=O) groups is 1. The number of azo groups is 1. The number of nitriles is 1. The molecule has 0 fully saturated rings. The van der Waals surface area contributed by atoms with Crippen molar-refractivity contribution in [2.75, 3.05) is 5.32 Å². The topological polar surface area (TPSA) is 175 Å². The van der Waals surface area contributed by atoms with E-state index in [1.165, 1.54) is 6.20 Å². The molecule has 0 radical (unpaired) electrons. The third-order valence-electron chi connectivity index (χ3n) is 5.00. The predicted molar refractivity (Wildman–Crippen MR) is 120 cm³/mol. The van der Waals surface area contributed by atoms with Gasteiger partial charge in [0.05, 0.1) is 22.8 Å². The van der Waals surface area contributed by atoms with Crippen LogP contribution in [0.4, 0.5) is 17.2 Å². The second kappa shape index (κ2) is 7.78. The number of nitrogens with one attached hydrogen (secondary N) is 4. The Balaban J connectivity index is 1.56. The number of H-pyrrole nitrogens is 3. The lowest BCUT2D eigenvalue weighted by molar-refractivity contribution is 0.102. The van der Waals surface area contributed by atoms with Crippen LogP contribution in [0, 0.1) is 11.3 Å². The van der Waals surface area contributed by atoms with Gasteiger partial charge in [-0.3, -0.25) is 9.89 Å². The van der Waals surface area contributed by atoms with Gasteiger partial charge < -0.3 is 20.4 Å². The van der Waals surface area contributed by atoms with Crippen molar-refractivity contribution in [3.63, 3.8) is 0 Å². The number of imidazole rings is 1. The van der Waals surface area contributed by atoms with Gasteiger partial charge >= 0.3 is 5.69 Å². The van der Waals surface area contributed by atoms with Crippen LogP contribution in [0.3, 0.4) is 0 Å². The SMILES string of the molecule is N#Cc1cn[nH]c1/N=N/c1c(O)c(C(=O)Nc2ccc3[nH]c(=O)[nH]c3c2)cc2ccccc12. The quantitative estimate of drug-likeness (QED) is 0.266. The number of benzene rings is 3. The number of carbonyl (C=O) groups excluding carboxylic acids is 1. The van der Waals surface area contributed by atoms with Crippen LogP contribution in [0.15, 0.2) is 69.8 Å². The van der Waals surface area contributed by atoms with Crippen molar-refractivity contribution in [2.24, 2.45) is 10.2 Å². The molecule has 5 rings (SSSR count). The molecule has 0 spiro atoms. The summed E-state index contributed by atoms with van der Waals surface area (Å²) in [5.74, 6) is -0.820. The minimum absolute atomic E-state index is 0.0181. The first-order valence-corrected chi connectivity index (χ1v) is 9.67. The Labute approximate surface area is 184 Å². The number of anilines is 1. The lowest BCUT2D eigenvalue weighted by Gasteiger charge is -2.11. The number of aromatic amines is 3. The molecule has 2 heterocycles. The zero-order chi connectivity index (χ0) is 22.9. The van der Waals surface area contributed by atoms with Crippen LogP contribution in [-0.2, 0) is 0 Å². The second-order valence-electron chi connectivity index (χ2n) is 7.08. The number of phenols is 1. The number of hydrogen-bond acceptors (Lipinski definition) is 7. The van der Waals surface area contributed by atoms with E-state index < -0.39 is 5.91 Å². The van der Waals surface area contributed by atoms with Crippen LogP contribution in [0.1, 0.15) is 15.9 Å². The van der Waals surface area contributed by atoms with E-state index in [1.54, 1.807) is 48.5 Å². The normalized spacial score (nSPS) is 11.2. The monoisotopic (exact) mass is 438 g/mol. The van der Waals surface area contributed by atoms with Crippen molar-refractivity contribution in [1.82, 2.24) is 20.2 Å². The molecule has 0 aliphatic heterocycles. The third-order valence-corrected chi connectivity index (χ3v) is 5.00. The summed E-state index contributed by atoms with van der Waals surface area (Å²) in [6.07, 6.45) is 1.31. The maximum Gasteiger partial charge on any atom is 0.323 e. The molecule has 3 aromatic carbocycles. The smallest absolute Gasteiger partial charge is 0.323 e. The first-order chi connectivity index (χ1) is 16.0. The van der Waals surface area contributed by atoms with Crippen LogP contribution in [0.2, 0.25) is 0 Å². The Hall–Kier alpha value is -5.24. The van der Waals surface area contributed by atoms with E-state index in [4.69, 9.17) is 5.26 Å². The fourth-order valence-electron chi connectivity index (χ4n) is 3.44. The van der Waals surface area contributed by atoms with Crippen molar-refractivity contribution >= 4 is 44.9 Å². The molecule has 11 nitrogen and oxygen atoms in total. The van der Waals surface area contributed by atoms with Crippen LogP contribution >= 0.6 is 0 Å². The summed E-state index contributed by atoms with van der Waals surface area (Å²) in [5, 5.41) is 38.4. The number of aromatic nitrogens is 4. The lowest BCUT2D eigenvalue weighted by atomic mass is 10.0. The number of amides is 1. The average Bonchev–Trinajstić information content (AvgIpc) is 3.42. The Bertz CT molecular complexity index is 1670. The summed E-state index contributed by atoms with van der Waals surface area (Å²) < 4.78 is 0. The standard InChI is InChI=1S/C22H14N8O3/c23-9-12-10-24-29-20(12)30-28-18-14-4-2-1-3-11(14)7-15(19(18)31)21(32)25-13-5-6-16-17(8-13)27-22(33)26-16/h1-8,10,31H,(H,24,29)(H,25,32)(H2,26,27,33)/b30-28+. The largest absolute Gasteiger partial charge is 0.505 e. The molecule has 0 saturated heterocycles. The van der Waals surface area contributed by atoms with E-state index in [0.29, 0.717) is 27.5 Å². The fraction of sp³-hybridized carbons (Fsp3) is 0. The summed E-state index contributed by atoms with van der Waals surface area (Å²) >= 11 is 0. The van der Waals surface area contributed by atoms with Gasteiger partial charge in [0.2, 0.25) is 0 Å². The highest BCUT2D eigenvalue weighted by molar-refractivity contribution is 6.12. The van der Waals surface area contributed by atoms with E-state index in [9.17, 15) is 14.7 Å². The highest BCUT2D eigenvalue weighted by Crippen LogP contribution is 2.39. The van der Waals surface area contributed by atoms with Gasteiger partial charge in [0.25, 0.3) is 5.91 Å². The van der Waals surface area contributed by atoms with Crippen molar-refractivity contribution in [3.8, 4) is 11.8 Å². The molecule has 0 aliphatic carbocycles. The highest BCUT2D eigenvalue weighted by Gasteiger charge is 2.19. The molecule has 1 amide bonds. The number of rotatable bonds is 4. The molecule has 0 saturated carbocycles. The van der Waals surface area contributed by atoms with Gasteiger partial charge in [-0.15, -0.1) is 10.2 Å². The molecule has 5 aromatic rings. The first kappa shape index (κ1) is 19.7. The molecule has 5 N–H and O–H groups in total. The predicted octanol–water partition coefficient (Wildman–Crippen LogP) is 3.98. The van der Waals surface area contributed by atoms with Crippen molar-refractivity contribution in [2.45, 2.75) is 0 Å². The van der Waals surface area contributed by atoms with Crippen LogP contribution in [-0.4, -0.2) is 31.2 Å². The van der Waals surface area contributed by atoms with Crippen LogP contribution in [0.25, 0.3) is 21.8 Å². The molecular formula is C22H14N8O3. The summed E-state index contributed by atoms with van der Waals surface area (Å²) in [7, 11) is 0. The van der Waals surface area contributed by atoms with Gasteiger partial charge in [0.15, 0.2) is 11.6 Å². The third kappa shape index (κ3) is 3.57. The van der Waals surface area contributed by atoms with Gasteiger partial charge in [0, 0.05) is 11.1 Å². The van der Waals surface area contributed by atoms with E-state index in [-0.39, 0.29) is 34.1 Å². The molecule has 0 atom stereocenters. The summed E-state index contributed by atoms with van der Waals surface area (Å²) in [6, 6.07) is 15.4. The zero-order valence-corrected chi connectivity index (χ0v) is 16.7. The second-order valence-corrected chi connectivity index (χ2v) is 7.08. The molecule has 2 aromatic heterocycles. The zero-order valence-electron chi connectivity index (χ0n) is 16.7. The average molecular weight is 438 g/mol. The molecule has 0 unspecified atom stereocenters. The van der Waals surface area contributed by atoms with Crippen LogP contribution < -0.4 is 11.0 Å². The van der Waals surface area contributed by atoms with Gasteiger partial charge in [-0.05, 0) is 29.7 Å². The summed E-state index contributed by atoms with van der Waals surface area (Å²) in [5.41, 5.74) is 1.45. The Morgan fingerprint density at radius 1 is 1.09 bits per heavy atom. The van der Waals surface area contributed by atoms with Crippen molar-refractivity contribution in [3.05, 3.63) is 76.3 Å². The van der Waals surface area contributed by atoms with Crippen LogP contribution in [0.5, 0.6) is 5.75 Å². The van der Waals surface area contributed by atoms with Crippen molar-refractivity contribution in [1.29, 1.82) is 5.26 Å². The van der Waals surface area contributed by atoms with Crippen molar-refractivity contribution < 1.29 is 9.90 Å². The maximum atomic E-state index is 13.0. The van der Waals surface area contributed by atoms with E-state index in [1.807, 2.05) is 6.07 Å². The molecule has 11 heteroatoms. The molecule has 33 heavy (non-hydrogen) atoms. The van der Waals surface area contributed by atoms with E-state index in [0.717, 1.165) is 0 Å². The first-order valence-electron chi connectivity index (χ1n) is 9.67. The minimum Gasteiger partial charge on any atom is -0.505 e. The van der Waals surface area contributed by atoms with Gasteiger partial charge in [-0.25, -0.2) is 4.79 Å². The van der Waals surface area contributed by atoms with E-state index >= 15 is 0 Å². The molecule has 160 valence electrons. The number of aromatic hydroxyl groups is 1. The van der Waals surface area contributed by atoms with Gasteiger partial charge in [-0.1, -0.05) is 24.3 Å². The van der Waals surface area contributed by atoms with Gasteiger partial charge in [-0.2, -0.15) is 10.4 Å². The lowest BCUT2D eigenvalue weighted by Crippen LogP contribution is -2.12. The Morgan fingerprint density at radius 3 is 2.76 bits per heavy atom. The number of nitrogens with zero attached hydrogens (tertiary/aromatic N) is 4. The number of phenolic OH excluding ortho intramolecular Hbond substituents is 1. The number of fused-ring (bicyclic) bond motifs is 2. The minimum atomic E-state index is -0.578. The molecular weight excluding hydrogens is 424 g/mol. The molecule has 0 aliphatic rings. The highest BCUT2D eigenvalue weighted by atomic mass is 16.3. The Kier molecular flexibility index (Phi) is 4.65. The maximum absolute atomic E-state index is 13.0. The van der Waals surface area contributed by atoms with E-state index in [2.05, 4.69) is 35.7 Å². The Morgan fingerprint density at radius 2 is 1.91 bits per heavy atom. The van der Waals surface area contributed by atoms with Gasteiger partial charge in [0.1, 0.15) is 17.3 Å².